The first kappa shape index (κ1) is 13.8. The molecule has 16 heavy (non-hydrogen) atoms. The third-order valence-electron chi connectivity index (χ3n) is 3.72. The third kappa shape index (κ3) is 2.69. The van der Waals surface area contributed by atoms with Gasteiger partial charge >= 0.3 is 0 Å². The van der Waals surface area contributed by atoms with Crippen LogP contribution >= 0.6 is 12.4 Å². The van der Waals surface area contributed by atoms with Gasteiger partial charge in [-0.05, 0) is 39.2 Å². The number of hydrogen-bond donors (Lipinski definition) is 1. The summed E-state index contributed by atoms with van der Waals surface area (Å²) in [7, 11) is 0. The molecular weight excluding hydrogens is 224 g/mol. The van der Waals surface area contributed by atoms with E-state index in [-0.39, 0.29) is 18.3 Å². The number of halogens is 1. The highest BCUT2D eigenvalue weighted by atomic mass is 35.5. The summed E-state index contributed by atoms with van der Waals surface area (Å²) in [6, 6.07) is 0.992. The quantitative estimate of drug-likeness (QED) is 0.821. The molecule has 0 aromatic rings. The zero-order chi connectivity index (χ0) is 10.8. The Labute approximate surface area is 104 Å². The van der Waals surface area contributed by atoms with E-state index >= 15 is 0 Å². The van der Waals surface area contributed by atoms with Crippen LogP contribution in [0.1, 0.15) is 39.5 Å². The molecule has 3 nitrogen and oxygen atoms in total. The zero-order valence-electron chi connectivity index (χ0n) is 10.2. The van der Waals surface area contributed by atoms with Crippen molar-refractivity contribution in [3.8, 4) is 0 Å². The van der Waals surface area contributed by atoms with Crippen LogP contribution in [0, 0.1) is 5.92 Å². The Kier molecular flexibility index (Phi) is 5.06. The summed E-state index contributed by atoms with van der Waals surface area (Å²) in [4.78, 5) is 14.4. The Morgan fingerprint density at radius 1 is 1.31 bits per heavy atom. The number of carbonyl (C=O) groups is 1. The van der Waals surface area contributed by atoms with Gasteiger partial charge in [0.2, 0.25) is 5.91 Å². The first-order valence-electron chi connectivity index (χ1n) is 6.31. The lowest BCUT2D eigenvalue weighted by Gasteiger charge is -2.26. The van der Waals surface area contributed by atoms with Crippen LogP contribution in [0.5, 0.6) is 0 Å². The van der Waals surface area contributed by atoms with Gasteiger partial charge in [-0.25, -0.2) is 0 Å². The molecule has 1 saturated heterocycles. The van der Waals surface area contributed by atoms with Gasteiger partial charge in [0.25, 0.3) is 0 Å². The van der Waals surface area contributed by atoms with E-state index in [9.17, 15) is 4.79 Å². The number of nitrogens with zero attached hydrogens (tertiary/aromatic N) is 1. The Morgan fingerprint density at radius 3 is 2.50 bits per heavy atom. The van der Waals surface area contributed by atoms with Crippen molar-refractivity contribution in [2.45, 2.75) is 51.6 Å². The second kappa shape index (κ2) is 5.87. The Hall–Kier alpha value is -0.280. The molecular formula is C12H23ClN2O. The van der Waals surface area contributed by atoms with Crippen molar-refractivity contribution in [2.24, 2.45) is 5.92 Å². The molecule has 0 bridgehead atoms. The van der Waals surface area contributed by atoms with Gasteiger partial charge in [0.15, 0.2) is 0 Å². The van der Waals surface area contributed by atoms with Gasteiger partial charge in [0.05, 0.1) is 5.92 Å². The molecule has 2 fully saturated rings. The molecule has 2 unspecified atom stereocenters. The first-order chi connectivity index (χ1) is 7.27. The van der Waals surface area contributed by atoms with E-state index in [1.165, 1.54) is 12.8 Å². The molecule has 1 aliphatic carbocycles. The van der Waals surface area contributed by atoms with Crippen molar-refractivity contribution in [1.29, 1.82) is 0 Å². The maximum atomic E-state index is 12.3. The van der Waals surface area contributed by atoms with Crippen LogP contribution < -0.4 is 5.32 Å². The molecule has 0 radical (unpaired) electrons. The van der Waals surface area contributed by atoms with Crippen molar-refractivity contribution in [2.75, 3.05) is 13.1 Å². The lowest BCUT2D eigenvalue weighted by Crippen LogP contribution is -2.42. The molecule has 1 amide bonds. The van der Waals surface area contributed by atoms with Crippen molar-refractivity contribution >= 4 is 18.3 Å². The fraction of sp³-hybridized carbons (Fsp3) is 0.917. The minimum atomic E-state index is 0. The molecule has 0 aromatic heterocycles. The summed E-state index contributed by atoms with van der Waals surface area (Å²) in [6.45, 7) is 6.16. The van der Waals surface area contributed by atoms with Crippen molar-refractivity contribution in [3.05, 3.63) is 0 Å². The van der Waals surface area contributed by atoms with Gasteiger partial charge in [-0.3, -0.25) is 4.79 Å². The smallest absolute Gasteiger partial charge is 0.227 e. The van der Waals surface area contributed by atoms with Crippen LogP contribution in [0.3, 0.4) is 0 Å². The molecule has 0 aromatic carbocycles. The average molecular weight is 247 g/mol. The van der Waals surface area contributed by atoms with Crippen LogP contribution in [0.15, 0.2) is 0 Å². The maximum Gasteiger partial charge on any atom is 0.227 e. The molecule has 4 heteroatoms. The summed E-state index contributed by atoms with van der Waals surface area (Å²) in [5, 5.41) is 3.43. The lowest BCUT2D eigenvalue weighted by molar-refractivity contribution is -0.136. The molecule has 1 heterocycles. The number of carbonyl (C=O) groups excluding carboxylic acids is 1. The standard InChI is InChI=1S/C12H22N2O.ClH/c1-3-11-10(7-8-13-11)12(15)14(4-2)9-5-6-9;/h9-11,13H,3-8H2,1-2H3;1H. The summed E-state index contributed by atoms with van der Waals surface area (Å²) in [5.41, 5.74) is 0. The second-order valence-electron chi connectivity index (χ2n) is 4.72. The number of nitrogens with one attached hydrogen (secondary N) is 1. The Balaban J connectivity index is 0.00000128. The monoisotopic (exact) mass is 246 g/mol. The topological polar surface area (TPSA) is 32.3 Å². The summed E-state index contributed by atoms with van der Waals surface area (Å²) in [6.07, 6.45) is 4.53. The third-order valence-corrected chi connectivity index (χ3v) is 3.72. The highest BCUT2D eigenvalue weighted by Crippen LogP contribution is 2.30. The number of rotatable bonds is 4. The van der Waals surface area contributed by atoms with E-state index in [1.807, 2.05) is 0 Å². The van der Waals surface area contributed by atoms with Crippen molar-refractivity contribution < 1.29 is 4.79 Å². The second-order valence-corrected chi connectivity index (χ2v) is 4.72. The maximum absolute atomic E-state index is 12.3. The van der Waals surface area contributed by atoms with Crippen LogP contribution in [-0.2, 0) is 4.79 Å². The van der Waals surface area contributed by atoms with Gasteiger partial charge < -0.3 is 10.2 Å². The largest absolute Gasteiger partial charge is 0.340 e. The summed E-state index contributed by atoms with van der Waals surface area (Å²) >= 11 is 0. The fourth-order valence-corrected chi connectivity index (χ4v) is 2.69. The van der Waals surface area contributed by atoms with Crippen LogP contribution in [0.25, 0.3) is 0 Å². The molecule has 94 valence electrons. The van der Waals surface area contributed by atoms with E-state index in [1.54, 1.807) is 0 Å². The highest BCUT2D eigenvalue weighted by Gasteiger charge is 2.39. The van der Waals surface area contributed by atoms with Gasteiger partial charge in [-0.2, -0.15) is 0 Å². The van der Waals surface area contributed by atoms with E-state index in [2.05, 4.69) is 24.1 Å². The molecule has 2 aliphatic rings. The molecule has 0 spiro atoms. The van der Waals surface area contributed by atoms with Gasteiger partial charge in [-0.15, -0.1) is 12.4 Å². The predicted molar refractivity (Wildman–Crippen MR) is 67.8 cm³/mol. The highest BCUT2D eigenvalue weighted by molar-refractivity contribution is 5.85. The molecule has 1 N–H and O–H groups in total. The average Bonchev–Trinajstić information content (AvgIpc) is 2.96. The molecule has 1 saturated carbocycles. The first-order valence-corrected chi connectivity index (χ1v) is 6.31. The Bertz CT molecular complexity index is 243. The van der Waals surface area contributed by atoms with Gasteiger partial charge in [0, 0.05) is 18.6 Å². The van der Waals surface area contributed by atoms with E-state index in [0.717, 1.165) is 25.9 Å². The van der Waals surface area contributed by atoms with E-state index < -0.39 is 0 Å². The van der Waals surface area contributed by atoms with Crippen LogP contribution in [-0.4, -0.2) is 36.0 Å². The number of hydrogen-bond acceptors (Lipinski definition) is 2. The minimum Gasteiger partial charge on any atom is -0.340 e. The van der Waals surface area contributed by atoms with Crippen LogP contribution in [0.4, 0.5) is 0 Å². The van der Waals surface area contributed by atoms with E-state index in [0.29, 0.717) is 18.0 Å². The normalized spacial score (nSPS) is 28.6. The predicted octanol–water partition coefficient (Wildman–Crippen LogP) is 1.81. The van der Waals surface area contributed by atoms with Gasteiger partial charge in [0.1, 0.15) is 0 Å². The fourth-order valence-electron chi connectivity index (χ4n) is 2.69. The Morgan fingerprint density at radius 2 is 2.00 bits per heavy atom. The minimum absolute atomic E-state index is 0. The molecule has 2 rings (SSSR count). The SMILES string of the molecule is CCC1NCCC1C(=O)N(CC)C1CC1.Cl. The zero-order valence-corrected chi connectivity index (χ0v) is 11.1. The van der Waals surface area contributed by atoms with Gasteiger partial charge in [-0.1, -0.05) is 6.92 Å². The molecule has 2 atom stereocenters. The number of amides is 1. The van der Waals surface area contributed by atoms with Crippen molar-refractivity contribution in [1.82, 2.24) is 10.2 Å². The molecule has 1 aliphatic heterocycles. The summed E-state index contributed by atoms with van der Waals surface area (Å²) < 4.78 is 0. The van der Waals surface area contributed by atoms with Crippen LogP contribution in [0.2, 0.25) is 0 Å². The van der Waals surface area contributed by atoms with Crippen molar-refractivity contribution in [3.63, 3.8) is 0 Å². The van der Waals surface area contributed by atoms with E-state index in [4.69, 9.17) is 0 Å². The summed E-state index contributed by atoms with van der Waals surface area (Å²) in [5.74, 6) is 0.646. The lowest BCUT2D eigenvalue weighted by atomic mass is 9.97.